The minimum Gasteiger partial charge on any atom is -0.458 e. The number of fused-ring (bicyclic) bond motifs is 5. The topological polar surface area (TPSA) is 52.6 Å². The van der Waals surface area contributed by atoms with Crippen LogP contribution in [0.4, 0.5) is 4.39 Å². The molecular formula is C52H75FO4. The third-order valence-electron chi connectivity index (χ3n) is 15.7. The predicted octanol–water partition coefficient (Wildman–Crippen LogP) is 14.7. The molecule has 3 saturated carbocycles. The van der Waals surface area contributed by atoms with Gasteiger partial charge in [0.1, 0.15) is 17.7 Å². The van der Waals surface area contributed by atoms with Crippen LogP contribution in [0, 0.1) is 52.2 Å². The summed E-state index contributed by atoms with van der Waals surface area (Å²) in [5.41, 5.74) is 3.56. The van der Waals surface area contributed by atoms with Gasteiger partial charge in [-0.15, -0.1) is 0 Å². The smallest absolute Gasteiger partial charge is 0.343 e. The van der Waals surface area contributed by atoms with Crippen molar-refractivity contribution in [3.63, 3.8) is 0 Å². The second-order valence-corrected chi connectivity index (χ2v) is 19.9. The van der Waals surface area contributed by atoms with E-state index >= 15 is 4.39 Å². The highest BCUT2D eigenvalue weighted by molar-refractivity contribution is 5.92. The molecule has 2 aromatic rings. The summed E-state index contributed by atoms with van der Waals surface area (Å²) in [5, 5.41) is 0. The summed E-state index contributed by atoms with van der Waals surface area (Å²) in [4.78, 5) is 26.2. The molecule has 6 rings (SSSR count). The summed E-state index contributed by atoms with van der Waals surface area (Å²) < 4.78 is 26.9. The Kier molecular flexibility index (Phi) is 15.2. The number of unbranched alkanes of at least 4 members (excludes halogenated alkanes) is 8. The van der Waals surface area contributed by atoms with Gasteiger partial charge in [0.05, 0.1) is 11.1 Å². The first-order valence-electron chi connectivity index (χ1n) is 23.4. The fourth-order valence-corrected chi connectivity index (χ4v) is 12.3. The van der Waals surface area contributed by atoms with Gasteiger partial charge in [0, 0.05) is 12.5 Å². The number of carbonyl (C=O) groups is 2. The van der Waals surface area contributed by atoms with Crippen LogP contribution in [-0.4, -0.2) is 18.0 Å². The quantitative estimate of drug-likeness (QED) is 0.0616. The number of hydrogen-bond donors (Lipinski definition) is 0. The maximum atomic E-state index is 15.3. The van der Waals surface area contributed by atoms with Gasteiger partial charge in [0.25, 0.3) is 0 Å². The van der Waals surface area contributed by atoms with Crippen molar-refractivity contribution in [2.45, 2.75) is 182 Å². The van der Waals surface area contributed by atoms with Crippen LogP contribution in [0.15, 0.2) is 54.1 Å². The van der Waals surface area contributed by atoms with Crippen LogP contribution in [0.25, 0.3) is 0 Å². The molecule has 4 aliphatic carbocycles. The molecule has 0 amide bonds. The fourth-order valence-electron chi connectivity index (χ4n) is 12.3. The van der Waals surface area contributed by atoms with Gasteiger partial charge in [-0.3, -0.25) is 0 Å². The van der Waals surface area contributed by atoms with Crippen LogP contribution in [0.5, 0.6) is 5.75 Å². The van der Waals surface area contributed by atoms with Crippen molar-refractivity contribution in [1.82, 2.24) is 0 Å². The summed E-state index contributed by atoms with van der Waals surface area (Å²) in [7, 11) is 0. The van der Waals surface area contributed by atoms with Gasteiger partial charge in [-0.05, 0) is 134 Å². The van der Waals surface area contributed by atoms with Crippen molar-refractivity contribution >= 4 is 11.9 Å². The Labute approximate surface area is 345 Å². The van der Waals surface area contributed by atoms with E-state index in [9.17, 15) is 9.59 Å². The normalized spacial score (nSPS) is 28.6. The number of rotatable bonds is 19. The van der Waals surface area contributed by atoms with E-state index in [0.717, 1.165) is 74.2 Å². The third-order valence-corrected chi connectivity index (χ3v) is 15.7. The molecule has 8 atom stereocenters. The van der Waals surface area contributed by atoms with Gasteiger partial charge in [-0.25, -0.2) is 14.0 Å². The molecule has 0 N–H and O–H groups in total. The Bertz CT molecular complexity index is 1660. The molecule has 0 aliphatic heterocycles. The molecule has 0 spiro atoms. The van der Waals surface area contributed by atoms with Crippen LogP contribution >= 0.6 is 0 Å². The number of ether oxygens (including phenoxy) is 2. The Balaban J connectivity index is 0.968. The summed E-state index contributed by atoms with van der Waals surface area (Å²) in [5.74, 6) is 2.84. The number of allylic oxidation sites excluding steroid dienone is 1. The zero-order chi connectivity index (χ0) is 40.6. The van der Waals surface area contributed by atoms with Gasteiger partial charge >= 0.3 is 11.9 Å². The highest BCUT2D eigenvalue weighted by Crippen LogP contribution is 2.67. The lowest BCUT2D eigenvalue weighted by Gasteiger charge is -2.58. The first-order chi connectivity index (χ1) is 27.4. The van der Waals surface area contributed by atoms with Crippen molar-refractivity contribution in [1.29, 1.82) is 0 Å². The molecular weight excluding hydrogens is 708 g/mol. The van der Waals surface area contributed by atoms with E-state index in [1.54, 1.807) is 12.1 Å². The van der Waals surface area contributed by atoms with Gasteiger partial charge in [-0.2, -0.15) is 0 Å². The fraction of sp³-hybridized carbons (Fsp3) is 0.692. The summed E-state index contributed by atoms with van der Waals surface area (Å²) in [6, 6.07) is 11.5. The molecule has 2 aromatic carbocycles. The Morgan fingerprint density at radius 3 is 2.21 bits per heavy atom. The molecule has 0 heterocycles. The molecule has 0 unspecified atom stereocenters. The van der Waals surface area contributed by atoms with Gasteiger partial charge in [0.2, 0.25) is 0 Å². The van der Waals surface area contributed by atoms with Gasteiger partial charge in [0.15, 0.2) is 0 Å². The average Bonchev–Trinajstić information content (AvgIpc) is 3.55. The molecule has 314 valence electrons. The lowest BCUT2D eigenvalue weighted by molar-refractivity contribution is -0.0595. The highest BCUT2D eigenvalue weighted by Gasteiger charge is 2.59. The Hall–Kier alpha value is -2.95. The minimum atomic E-state index is -0.739. The summed E-state index contributed by atoms with van der Waals surface area (Å²) in [6.45, 7) is 14.6. The maximum absolute atomic E-state index is 15.3. The van der Waals surface area contributed by atoms with Crippen molar-refractivity contribution < 1.29 is 23.5 Å². The first-order valence-corrected chi connectivity index (χ1v) is 23.4. The Morgan fingerprint density at radius 2 is 1.51 bits per heavy atom. The predicted molar refractivity (Wildman–Crippen MR) is 231 cm³/mol. The van der Waals surface area contributed by atoms with E-state index < -0.39 is 17.8 Å². The van der Waals surface area contributed by atoms with E-state index in [2.05, 4.69) is 47.6 Å². The van der Waals surface area contributed by atoms with E-state index in [1.165, 1.54) is 120 Å². The monoisotopic (exact) mass is 783 g/mol. The van der Waals surface area contributed by atoms with E-state index in [0.29, 0.717) is 16.9 Å². The largest absolute Gasteiger partial charge is 0.458 e. The molecule has 3 fully saturated rings. The van der Waals surface area contributed by atoms with Crippen LogP contribution in [0.3, 0.4) is 0 Å². The first kappa shape index (κ1) is 43.6. The van der Waals surface area contributed by atoms with Crippen molar-refractivity contribution in [2.24, 2.45) is 46.3 Å². The lowest BCUT2D eigenvalue weighted by Crippen LogP contribution is -2.51. The molecule has 0 aromatic heterocycles. The molecule has 0 bridgehead atoms. The van der Waals surface area contributed by atoms with Crippen LogP contribution in [-0.2, 0) is 11.2 Å². The number of carbonyl (C=O) groups excluding carboxylic acids is 2. The van der Waals surface area contributed by atoms with Crippen LogP contribution in [0.1, 0.15) is 196 Å². The zero-order valence-corrected chi connectivity index (χ0v) is 36.5. The second-order valence-electron chi connectivity index (χ2n) is 19.9. The summed E-state index contributed by atoms with van der Waals surface area (Å²) >= 11 is 0. The zero-order valence-electron chi connectivity index (χ0n) is 36.5. The van der Waals surface area contributed by atoms with Gasteiger partial charge < -0.3 is 9.47 Å². The van der Waals surface area contributed by atoms with Crippen molar-refractivity contribution in [3.05, 3.63) is 76.6 Å². The Morgan fingerprint density at radius 1 is 0.789 bits per heavy atom. The number of benzene rings is 2. The van der Waals surface area contributed by atoms with E-state index in [-0.39, 0.29) is 22.8 Å². The number of esters is 2. The van der Waals surface area contributed by atoms with Gasteiger partial charge in [-0.1, -0.05) is 136 Å². The molecule has 4 nitrogen and oxygen atoms in total. The average molecular weight is 783 g/mol. The molecule has 57 heavy (non-hydrogen) atoms. The van der Waals surface area contributed by atoms with Crippen LogP contribution in [0.2, 0.25) is 0 Å². The second kappa shape index (κ2) is 19.9. The third kappa shape index (κ3) is 10.4. The molecule has 5 heteroatoms. The number of hydrogen-bond acceptors (Lipinski definition) is 4. The standard InChI is InChI=1S/C52H75FO4/c1-7-8-9-10-11-12-13-14-15-19-38-20-22-39(23-21-38)49(54)56-41-25-27-44(48(53)35-41)50(55)57-42-30-32-51(5)40(34-42)24-26-43-46-29-28-45(37(4)18-16-17-36(2)3)52(46,6)33-31-47(43)51/h20-25,27,35-37,42-43,45-47H,7-19,26,28-34H2,1-6H3/t37-,42+,43+,45-,46+,47+,51+,52-/m1/s1. The van der Waals surface area contributed by atoms with E-state index in [1.807, 2.05) is 12.1 Å². The summed E-state index contributed by atoms with van der Waals surface area (Å²) in [6.07, 6.45) is 28.1. The number of halogens is 1. The maximum Gasteiger partial charge on any atom is 0.343 e. The number of aryl methyl sites for hydroxylation is 1. The SMILES string of the molecule is CCCCCCCCCCCc1ccc(C(=O)Oc2ccc(C(=O)O[C@H]3CC[C@@]4(C)C(=CC[C@H]5[C@@H]6CC[C@H]([C@H](C)CCCC(C)C)[C@@]6(C)CC[C@@H]54)C3)c(F)c2)cc1. The molecule has 4 aliphatic rings. The molecule has 0 radical (unpaired) electrons. The van der Waals surface area contributed by atoms with Crippen LogP contribution < -0.4 is 4.74 Å². The highest BCUT2D eigenvalue weighted by atomic mass is 19.1. The van der Waals surface area contributed by atoms with Crippen molar-refractivity contribution in [3.8, 4) is 5.75 Å². The van der Waals surface area contributed by atoms with Crippen molar-refractivity contribution in [2.75, 3.05) is 0 Å². The molecule has 0 saturated heterocycles. The minimum absolute atomic E-state index is 0.0703. The van der Waals surface area contributed by atoms with E-state index in [4.69, 9.17) is 9.47 Å². The lowest BCUT2D eigenvalue weighted by atomic mass is 9.47.